The zero-order chi connectivity index (χ0) is 18.8. The number of nitrogens with one attached hydrogen (secondary N) is 2. The van der Waals surface area contributed by atoms with Gasteiger partial charge in [0.1, 0.15) is 18.2 Å². The van der Waals surface area contributed by atoms with Crippen molar-refractivity contribution in [2.45, 2.75) is 19.9 Å². The first-order valence-electron chi connectivity index (χ1n) is 9.25. The van der Waals surface area contributed by atoms with Crippen LogP contribution >= 0.6 is 0 Å². The molecule has 0 amide bonds. The minimum Gasteiger partial charge on any atom is -0.492 e. The Balaban J connectivity index is 1.72. The Bertz CT molecular complexity index is 562. The molecule has 0 aromatic heterocycles. The number of halogens is 1. The third-order valence-corrected chi connectivity index (χ3v) is 4.45. The Morgan fingerprint density at radius 3 is 2.73 bits per heavy atom. The first-order chi connectivity index (χ1) is 12.6. The Morgan fingerprint density at radius 1 is 1.31 bits per heavy atom. The lowest BCUT2D eigenvalue weighted by atomic mass is 10.0. The summed E-state index contributed by atoms with van der Waals surface area (Å²) in [4.78, 5) is 6.73. The molecule has 146 valence electrons. The second kappa shape index (κ2) is 11.0. The fourth-order valence-corrected chi connectivity index (χ4v) is 3.01. The summed E-state index contributed by atoms with van der Waals surface area (Å²) < 4.78 is 24.1. The predicted molar refractivity (Wildman–Crippen MR) is 102 cm³/mol. The number of morpholine rings is 1. The molecule has 1 aliphatic heterocycles. The van der Waals surface area contributed by atoms with Gasteiger partial charge in [-0.2, -0.15) is 0 Å². The lowest BCUT2D eigenvalue weighted by molar-refractivity contribution is 0.00752. The van der Waals surface area contributed by atoms with Crippen LogP contribution in [0.3, 0.4) is 0 Å². The van der Waals surface area contributed by atoms with Gasteiger partial charge in [-0.15, -0.1) is 0 Å². The van der Waals surface area contributed by atoms with Crippen molar-refractivity contribution >= 4 is 5.96 Å². The molecule has 0 bridgehead atoms. The van der Waals surface area contributed by atoms with Crippen LogP contribution in [0.25, 0.3) is 0 Å². The first kappa shape index (κ1) is 20.5. The van der Waals surface area contributed by atoms with E-state index < -0.39 is 0 Å². The zero-order valence-electron chi connectivity index (χ0n) is 16.0. The van der Waals surface area contributed by atoms with Crippen molar-refractivity contribution < 1.29 is 13.9 Å². The predicted octanol–water partition coefficient (Wildman–Crippen LogP) is 1.73. The van der Waals surface area contributed by atoms with Crippen LogP contribution in [0.1, 0.15) is 13.8 Å². The molecule has 0 saturated carbocycles. The SMILES string of the molecule is CN=C(NCCOc1cccc(F)c1)NCC(C(C)C)N1CCOCC1. The van der Waals surface area contributed by atoms with Crippen LogP contribution in [0.15, 0.2) is 29.3 Å². The molecule has 1 aromatic rings. The van der Waals surface area contributed by atoms with E-state index >= 15 is 0 Å². The van der Waals surface area contributed by atoms with Crippen LogP contribution in [-0.2, 0) is 4.74 Å². The van der Waals surface area contributed by atoms with E-state index in [2.05, 4.69) is 34.4 Å². The number of guanidine groups is 1. The topological polar surface area (TPSA) is 58.1 Å². The highest BCUT2D eigenvalue weighted by atomic mass is 19.1. The van der Waals surface area contributed by atoms with E-state index in [1.54, 1.807) is 19.2 Å². The van der Waals surface area contributed by atoms with Crippen LogP contribution < -0.4 is 15.4 Å². The molecule has 0 spiro atoms. The average Bonchev–Trinajstić information content (AvgIpc) is 2.64. The smallest absolute Gasteiger partial charge is 0.191 e. The van der Waals surface area contributed by atoms with Crippen molar-refractivity contribution in [3.63, 3.8) is 0 Å². The zero-order valence-corrected chi connectivity index (χ0v) is 16.0. The standard InChI is InChI=1S/C19H31FN4O2/c1-15(2)18(24-8-11-25-12-9-24)14-23-19(21-3)22-7-10-26-17-6-4-5-16(20)13-17/h4-6,13,15,18H,7-12,14H2,1-3H3,(H2,21,22,23). The van der Waals surface area contributed by atoms with Crippen molar-refractivity contribution in [2.24, 2.45) is 10.9 Å². The number of nitrogens with zero attached hydrogens (tertiary/aromatic N) is 2. The van der Waals surface area contributed by atoms with E-state index in [-0.39, 0.29) is 5.82 Å². The molecule has 7 heteroatoms. The van der Waals surface area contributed by atoms with Gasteiger partial charge in [0.15, 0.2) is 5.96 Å². The minimum atomic E-state index is -0.296. The van der Waals surface area contributed by atoms with Crippen LogP contribution in [-0.4, -0.2) is 69.9 Å². The molecule has 1 atom stereocenters. The fraction of sp³-hybridized carbons (Fsp3) is 0.632. The van der Waals surface area contributed by atoms with E-state index in [0.717, 1.165) is 38.8 Å². The summed E-state index contributed by atoms with van der Waals surface area (Å²) in [6.45, 7) is 9.86. The average molecular weight is 366 g/mol. The van der Waals surface area contributed by atoms with Crippen LogP contribution in [0.4, 0.5) is 4.39 Å². The molecule has 6 nitrogen and oxygen atoms in total. The molecule has 1 heterocycles. The Hall–Kier alpha value is -1.86. The molecule has 0 aliphatic carbocycles. The van der Waals surface area contributed by atoms with Gasteiger partial charge in [-0.1, -0.05) is 19.9 Å². The molecule has 0 radical (unpaired) electrons. The van der Waals surface area contributed by atoms with Crippen LogP contribution in [0.2, 0.25) is 0 Å². The summed E-state index contributed by atoms with van der Waals surface area (Å²) in [6.07, 6.45) is 0. The van der Waals surface area contributed by atoms with Gasteiger partial charge in [-0.05, 0) is 18.1 Å². The van der Waals surface area contributed by atoms with Crippen molar-refractivity contribution in [3.05, 3.63) is 30.1 Å². The summed E-state index contributed by atoms with van der Waals surface area (Å²) in [5, 5.41) is 6.63. The van der Waals surface area contributed by atoms with E-state index in [1.165, 1.54) is 12.1 Å². The van der Waals surface area contributed by atoms with Crippen molar-refractivity contribution in [3.8, 4) is 5.75 Å². The molecular weight excluding hydrogens is 335 g/mol. The maximum Gasteiger partial charge on any atom is 0.191 e. The quantitative estimate of drug-likeness (QED) is 0.417. The van der Waals surface area contributed by atoms with E-state index in [4.69, 9.17) is 9.47 Å². The van der Waals surface area contributed by atoms with Crippen LogP contribution in [0, 0.1) is 11.7 Å². The second-order valence-corrected chi connectivity index (χ2v) is 6.65. The molecule has 26 heavy (non-hydrogen) atoms. The van der Waals surface area contributed by atoms with Gasteiger partial charge in [0, 0.05) is 38.8 Å². The highest BCUT2D eigenvalue weighted by molar-refractivity contribution is 5.79. The maximum atomic E-state index is 13.1. The van der Waals surface area contributed by atoms with Gasteiger partial charge in [-0.25, -0.2) is 4.39 Å². The third kappa shape index (κ3) is 6.80. The largest absolute Gasteiger partial charge is 0.492 e. The number of aliphatic imine (C=N–C) groups is 1. The molecule has 1 saturated heterocycles. The number of hydrogen-bond acceptors (Lipinski definition) is 4. The summed E-state index contributed by atoms with van der Waals surface area (Å²) in [5.41, 5.74) is 0. The summed E-state index contributed by atoms with van der Waals surface area (Å²) in [5.74, 6) is 1.51. The number of ether oxygens (including phenoxy) is 2. The van der Waals surface area contributed by atoms with Gasteiger partial charge in [0.2, 0.25) is 0 Å². The van der Waals surface area contributed by atoms with Gasteiger partial charge in [-0.3, -0.25) is 9.89 Å². The third-order valence-electron chi connectivity index (χ3n) is 4.45. The molecule has 1 aromatic carbocycles. The first-order valence-corrected chi connectivity index (χ1v) is 9.25. The molecule has 1 aliphatic rings. The lowest BCUT2D eigenvalue weighted by Gasteiger charge is -2.37. The van der Waals surface area contributed by atoms with Gasteiger partial charge >= 0.3 is 0 Å². The second-order valence-electron chi connectivity index (χ2n) is 6.65. The number of benzene rings is 1. The van der Waals surface area contributed by atoms with E-state index in [0.29, 0.717) is 30.9 Å². The Kier molecular flexibility index (Phi) is 8.64. The molecule has 1 fully saturated rings. The van der Waals surface area contributed by atoms with Gasteiger partial charge in [0.25, 0.3) is 0 Å². The van der Waals surface area contributed by atoms with E-state index in [9.17, 15) is 4.39 Å². The monoisotopic (exact) mass is 366 g/mol. The number of rotatable bonds is 8. The van der Waals surface area contributed by atoms with Crippen LogP contribution in [0.5, 0.6) is 5.75 Å². The normalized spacial score (nSPS) is 17.2. The molecule has 2 N–H and O–H groups in total. The minimum absolute atomic E-state index is 0.296. The summed E-state index contributed by atoms with van der Waals surface area (Å²) in [6, 6.07) is 6.59. The molecule has 1 unspecified atom stereocenters. The van der Waals surface area contributed by atoms with E-state index in [1.807, 2.05) is 0 Å². The lowest BCUT2D eigenvalue weighted by Crippen LogP contribution is -2.52. The molecular formula is C19H31FN4O2. The van der Waals surface area contributed by atoms with Crippen molar-refractivity contribution in [2.75, 3.05) is 53.0 Å². The molecule has 2 rings (SSSR count). The summed E-state index contributed by atoms with van der Waals surface area (Å²) >= 11 is 0. The maximum absolute atomic E-state index is 13.1. The van der Waals surface area contributed by atoms with Crippen molar-refractivity contribution in [1.29, 1.82) is 0 Å². The number of hydrogen-bond donors (Lipinski definition) is 2. The highest BCUT2D eigenvalue weighted by Crippen LogP contribution is 2.12. The van der Waals surface area contributed by atoms with Gasteiger partial charge < -0.3 is 20.1 Å². The Labute approximate surface area is 155 Å². The summed E-state index contributed by atoms with van der Waals surface area (Å²) in [7, 11) is 1.75. The highest BCUT2D eigenvalue weighted by Gasteiger charge is 2.23. The van der Waals surface area contributed by atoms with Gasteiger partial charge in [0.05, 0.1) is 19.8 Å². The Morgan fingerprint density at radius 2 is 2.08 bits per heavy atom. The van der Waals surface area contributed by atoms with Crippen molar-refractivity contribution in [1.82, 2.24) is 15.5 Å². The fourth-order valence-electron chi connectivity index (χ4n) is 3.01.